The molecule has 0 amide bonds. The van der Waals surface area contributed by atoms with Gasteiger partial charge in [0, 0.05) is 6.54 Å². The second-order valence-corrected chi connectivity index (χ2v) is 5.01. The summed E-state index contributed by atoms with van der Waals surface area (Å²) in [6, 6.07) is 6.90. The molecule has 0 spiro atoms. The normalized spacial score (nSPS) is 22.1. The van der Waals surface area contributed by atoms with Gasteiger partial charge in [-0.15, -0.1) is 0 Å². The number of rotatable bonds is 4. The molecule has 5 nitrogen and oxygen atoms in total. The second-order valence-electron chi connectivity index (χ2n) is 5.01. The summed E-state index contributed by atoms with van der Waals surface area (Å²) in [6.45, 7) is 3.70. The van der Waals surface area contributed by atoms with Crippen molar-refractivity contribution >= 4 is 5.97 Å². The number of hydroxylamine groups is 2. The van der Waals surface area contributed by atoms with Crippen molar-refractivity contribution in [1.29, 1.82) is 0 Å². The summed E-state index contributed by atoms with van der Waals surface area (Å²) >= 11 is 0. The molecule has 0 bridgehead atoms. The molecular formula is C14H19NO4. The average Bonchev–Trinajstić information content (AvgIpc) is 2.39. The molecule has 2 atom stereocenters. The predicted octanol–water partition coefficient (Wildman–Crippen LogP) is 1.65. The van der Waals surface area contributed by atoms with E-state index in [1.165, 1.54) is 5.06 Å². The van der Waals surface area contributed by atoms with Gasteiger partial charge in [0.05, 0.1) is 24.8 Å². The molecule has 2 unspecified atom stereocenters. The molecule has 0 aromatic heterocycles. The fraction of sp³-hybridized carbons (Fsp3) is 0.500. The molecular weight excluding hydrogens is 246 g/mol. The highest BCUT2D eigenvalue weighted by molar-refractivity contribution is 5.87. The van der Waals surface area contributed by atoms with Gasteiger partial charge < -0.3 is 15.1 Å². The number of hydrogen-bond donors (Lipinski definition) is 2. The minimum atomic E-state index is -0.911. The first-order valence-corrected chi connectivity index (χ1v) is 6.44. The molecule has 0 saturated carbocycles. The Kier molecular flexibility index (Phi) is 4.52. The summed E-state index contributed by atoms with van der Waals surface area (Å²) in [6.07, 6.45) is 0.816. The second kappa shape index (κ2) is 6.14. The molecule has 0 radical (unpaired) electrons. The van der Waals surface area contributed by atoms with Crippen LogP contribution in [0.15, 0.2) is 24.3 Å². The molecule has 0 aliphatic carbocycles. The summed E-state index contributed by atoms with van der Waals surface area (Å²) in [5.74, 6) is -0.642. The van der Waals surface area contributed by atoms with Crippen LogP contribution in [0.1, 0.15) is 22.8 Å². The van der Waals surface area contributed by atoms with Crippen molar-refractivity contribution in [2.75, 3.05) is 19.7 Å². The van der Waals surface area contributed by atoms with Gasteiger partial charge >= 0.3 is 5.97 Å². The van der Waals surface area contributed by atoms with Crippen molar-refractivity contribution in [3.63, 3.8) is 0 Å². The van der Waals surface area contributed by atoms with E-state index in [9.17, 15) is 10.0 Å². The fourth-order valence-corrected chi connectivity index (χ4v) is 2.29. The van der Waals surface area contributed by atoms with E-state index in [0.717, 1.165) is 12.0 Å². The van der Waals surface area contributed by atoms with E-state index in [0.29, 0.717) is 25.3 Å². The minimum absolute atomic E-state index is 0.0119. The summed E-state index contributed by atoms with van der Waals surface area (Å²) in [4.78, 5) is 10.8. The van der Waals surface area contributed by atoms with E-state index in [4.69, 9.17) is 9.84 Å². The number of benzene rings is 1. The zero-order valence-electron chi connectivity index (χ0n) is 11.0. The number of aromatic carboxylic acids is 1. The molecule has 1 aliphatic heterocycles. The van der Waals surface area contributed by atoms with Crippen molar-refractivity contribution in [2.24, 2.45) is 5.92 Å². The molecule has 19 heavy (non-hydrogen) atoms. The molecule has 1 saturated heterocycles. The monoisotopic (exact) mass is 265 g/mol. The van der Waals surface area contributed by atoms with Crippen LogP contribution in [0.25, 0.3) is 0 Å². The summed E-state index contributed by atoms with van der Waals surface area (Å²) in [7, 11) is 0. The van der Waals surface area contributed by atoms with Crippen LogP contribution in [0.5, 0.6) is 0 Å². The van der Waals surface area contributed by atoms with E-state index in [1.54, 1.807) is 12.1 Å². The molecule has 2 rings (SSSR count). The quantitative estimate of drug-likeness (QED) is 0.866. The number of morpholine rings is 1. The third-order valence-electron chi connectivity index (χ3n) is 3.47. The Morgan fingerprint density at radius 3 is 2.74 bits per heavy atom. The number of nitrogens with zero attached hydrogens (tertiary/aromatic N) is 1. The maximum absolute atomic E-state index is 10.8. The SMILES string of the molecule is CC(Cc1ccc(C(=O)O)cc1)C1CN(O)CCO1. The van der Waals surface area contributed by atoms with Crippen LogP contribution in [-0.4, -0.2) is 47.1 Å². The molecule has 1 aromatic rings. The number of hydrogen-bond acceptors (Lipinski definition) is 4. The van der Waals surface area contributed by atoms with Crippen molar-refractivity contribution in [2.45, 2.75) is 19.4 Å². The number of ether oxygens (including phenoxy) is 1. The van der Waals surface area contributed by atoms with Gasteiger partial charge in [-0.2, -0.15) is 5.06 Å². The van der Waals surface area contributed by atoms with Crippen LogP contribution < -0.4 is 0 Å². The maximum Gasteiger partial charge on any atom is 0.335 e. The fourth-order valence-electron chi connectivity index (χ4n) is 2.29. The highest BCUT2D eigenvalue weighted by Crippen LogP contribution is 2.18. The lowest BCUT2D eigenvalue weighted by Crippen LogP contribution is -2.43. The first kappa shape index (κ1) is 14.0. The smallest absolute Gasteiger partial charge is 0.335 e. The predicted molar refractivity (Wildman–Crippen MR) is 69.4 cm³/mol. The molecule has 104 valence electrons. The summed E-state index contributed by atoms with van der Waals surface area (Å²) < 4.78 is 5.65. The molecule has 1 aliphatic rings. The van der Waals surface area contributed by atoms with Crippen molar-refractivity contribution in [3.05, 3.63) is 35.4 Å². The Bertz CT molecular complexity index is 432. The zero-order chi connectivity index (χ0) is 13.8. The average molecular weight is 265 g/mol. The third kappa shape index (κ3) is 3.76. The van der Waals surface area contributed by atoms with Gasteiger partial charge in [-0.3, -0.25) is 0 Å². The summed E-state index contributed by atoms with van der Waals surface area (Å²) in [5, 5.41) is 19.6. The minimum Gasteiger partial charge on any atom is -0.478 e. The zero-order valence-corrected chi connectivity index (χ0v) is 11.0. The van der Waals surface area contributed by atoms with Crippen molar-refractivity contribution in [1.82, 2.24) is 5.06 Å². The van der Waals surface area contributed by atoms with Gasteiger partial charge in [0.25, 0.3) is 0 Å². The lowest BCUT2D eigenvalue weighted by molar-refractivity contribution is -0.178. The van der Waals surface area contributed by atoms with Gasteiger partial charge in [0.1, 0.15) is 0 Å². The Labute approximate surface area is 112 Å². The maximum atomic E-state index is 10.8. The molecule has 5 heteroatoms. The highest BCUT2D eigenvalue weighted by atomic mass is 16.5. The van der Waals surface area contributed by atoms with Crippen molar-refractivity contribution < 1.29 is 19.8 Å². The van der Waals surface area contributed by atoms with Crippen LogP contribution in [0.4, 0.5) is 0 Å². The van der Waals surface area contributed by atoms with Crippen molar-refractivity contribution in [3.8, 4) is 0 Å². The molecule has 1 fully saturated rings. The lowest BCUT2D eigenvalue weighted by atomic mass is 9.94. The van der Waals surface area contributed by atoms with Crippen LogP contribution in [0.2, 0.25) is 0 Å². The first-order valence-electron chi connectivity index (χ1n) is 6.44. The standard InChI is InChI=1S/C14H19NO4/c1-10(13-9-15(18)6-7-19-13)8-11-2-4-12(5-3-11)14(16)17/h2-5,10,13,18H,6-9H2,1H3,(H,16,17). The number of carboxylic acids is 1. The molecule has 1 heterocycles. The van der Waals surface area contributed by atoms with E-state index in [2.05, 4.69) is 6.92 Å². The van der Waals surface area contributed by atoms with Crippen LogP contribution in [0, 0.1) is 5.92 Å². The van der Waals surface area contributed by atoms with Gasteiger partial charge in [-0.05, 0) is 30.0 Å². The first-order chi connectivity index (χ1) is 9.06. The highest BCUT2D eigenvalue weighted by Gasteiger charge is 2.24. The van der Waals surface area contributed by atoms with Gasteiger partial charge in [0.2, 0.25) is 0 Å². The topological polar surface area (TPSA) is 70.0 Å². The Balaban J connectivity index is 1.94. The van der Waals surface area contributed by atoms with Crippen LogP contribution in [-0.2, 0) is 11.2 Å². The Morgan fingerprint density at radius 1 is 1.47 bits per heavy atom. The summed E-state index contributed by atoms with van der Waals surface area (Å²) in [5.41, 5.74) is 1.38. The van der Waals surface area contributed by atoms with E-state index >= 15 is 0 Å². The van der Waals surface area contributed by atoms with Gasteiger partial charge in [0.15, 0.2) is 0 Å². The van der Waals surface area contributed by atoms with Crippen LogP contribution in [0.3, 0.4) is 0 Å². The largest absolute Gasteiger partial charge is 0.478 e. The van der Waals surface area contributed by atoms with Gasteiger partial charge in [-0.1, -0.05) is 19.1 Å². The van der Waals surface area contributed by atoms with E-state index < -0.39 is 5.97 Å². The number of carbonyl (C=O) groups is 1. The van der Waals surface area contributed by atoms with Crippen LogP contribution >= 0.6 is 0 Å². The molecule has 1 aromatic carbocycles. The van der Waals surface area contributed by atoms with E-state index in [-0.39, 0.29) is 12.0 Å². The molecule has 2 N–H and O–H groups in total. The number of carboxylic acid groups (broad SMARTS) is 1. The lowest BCUT2D eigenvalue weighted by Gasteiger charge is -2.32. The Hall–Kier alpha value is -1.43. The van der Waals surface area contributed by atoms with Gasteiger partial charge in [-0.25, -0.2) is 4.79 Å². The third-order valence-corrected chi connectivity index (χ3v) is 3.47. The Morgan fingerprint density at radius 2 is 2.16 bits per heavy atom. The van der Waals surface area contributed by atoms with E-state index in [1.807, 2.05) is 12.1 Å².